The molecule has 0 unspecified atom stereocenters. The third kappa shape index (κ3) is 5.02. The van der Waals surface area contributed by atoms with Crippen molar-refractivity contribution in [3.05, 3.63) is 90.3 Å². The molecule has 0 saturated heterocycles. The fourth-order valence-electron chi connectivity index (χ4n) is 2.74. The number of anilines is 1. The fourth-order valence-corrected chi connectivity index (χ4v) is 3.79. The number of ether oxygens (including phenoxy) is 1. The lowest BCUT2D eigenvalue weighted by molar-refractivity contribution is -0.124. The second-order valence-electron chi connectivity index (χ2n) is 6.14. The molecule has 3 N–H and O–H groups in total. The van der Waals surface area contributed by atoms with E-state index in [0.717, 1.165) is 0 Å². The molecule has 30 heavy (non-hydrogen) atoms. The molecule has 2 aromatic carbocycles. The van der Waals surface area contributed by atoms with Crippen LogP contribution < -0.4 is 14.9 Å². The van der Waals surface area contributed by atoms with Crippen molar-refractivity contribution in [2.45, 2.75) is 4.90 Å². The predicted molar refractivity (Wildman–Crippen MR) is 111 cm³/mol. The Labute approximate surface area is 173 Å². The summed E-state index contributed by atoms with van der Waals surface area (Å²) in [7, 11) is -2.33. The number of methoxy groups -OCH3 is 1. The second-order valence-corrected chi connectivity index (χ2v) is 7.82. The standard InChI is InChI=1S/C21H19N3O5S/c1-29-18-7-9-19(10-8-18)30(27,28)24-17-6-2-4-15(12-17)20(13-21(25)23-26)16-5-3-11-22-14-16/h2-14,24,26H,1H3,(H,23,25)/b20-13+. The molecule has 0 fully saturated rings. The van der Waals surface area contributed by atoms with Gasteiger partial charge in [0.05, 0.1) is 12.0 Å². The van der Waals surface area contributed by atoms with Crippen LogP contribution in [-0.2, 0) is 14.8 Å². The second kappa shape index (κ2) is 9.21. The van der Waals surface area contributed by atoms with Crippen molar-refractivity contribution in [1.82, 2.24) is 10.5 Å². The zero-order valence-corrected chi connectivity index (χ0v) is 16.8. The maximum absolute atomic E-state index is 12.7. The molecular formula is C21H19N3O5S. The van der Waals surface area contributed by atoms with Crippen molar-refractivity contribution in [1.29, 1.82) is 0 Å². The summed E-state index contributed by atoms with van der Waals surface area (Å²) in [6, 6.07) is 16.0. The van der Waals surface area contributed by atoms with Gasteiger partial charge in [-0.25, -0.2) is 13.9 Å². The van der Waals surface area contributed by atoms with Crippen LogP contribution in [0.5, 0.6) is 5.75 Å². The monoisotopic (exact) mass is 425 g/mol. The van der Waals surface area contributed by atoms with Crippen LogP contribution in [0.1, 0.15) is 11.1 Å². The molecule has 0 radical (unpaired) electrons. The number of hydrogen-bond donors (Lipinski definition) is 3. The van der Waals surface area contributed by atoms with Gasteiger partial charge in [-0.15, -0.1) is 0 Å². The van der Waals surface area contributed by atoms with E-state index in [2.05, 4.69) is 9.71 Å². The number of aromatic nitrogens is 1. The van der Waals surface area contributed by atoms with E-state index in [0.29, 0.717) is 28.1 Å². The van der Waals surface area contributed by atoms with Gasteiger partial charge in [-0.3, -0.25) is 19.7 Å². The molecule has 0 atom stereocenters. The third-order valence-electron chi connectivity index (χ3n) is 4.15. The minimum Gasteiger partial charge on any atom is -0.497 e. The number of amides is 1. The molecule has 0 aliphatic heterocycles. The van der Waals surface area contributed by atoms with E-state index in [1.807, 2.05) is 0 Å². The lowest BCUT2D eigenvalue weighted by Crippen LogP contribution is -2.16. The van der Waals surface area contributed by atoms with E-state index in [1.165, 1.54) is 25.3 Å². The molecule has 3 aromatic rings. The van der Waals surface area contributed by atoms with Gasteiger partial charge in [0.25, 0.3) is 15.9 Å². The first kappa shape index (κ1) is 21.0. The Morgan fingerprint density at radius 2 is 1.80 bits per heavy atom. The molecule has 1 aromatic heterocycles. The molecule has 1 heterocycles. The highest BCUT2D eigenvalue weighted by Gasteiger charge is 2.15. The summed E-state index contributed by atoms with van der Waals surface area (Å²) in [4.78, 5) is 15.9. The number of carbonyl (C=O) groups is 1. The highest BCUT2D eigenvalue weighted by Crippen LogP contribution is 2.26. The number of rotatable bonds is 7. The Morgan fingerprint density at radius 1 is 1.07 bits per heavy atom. The molecule has 0 spiro atoms. The summed E-state index contributed by atoms with van der Waals surface area (Å²) < 4.78 is 33.0. The van der Waals surface area contributed by atoms with Crippen LogP contribution in [-0.4, -0.2) is 31.6 Å². The van der Waals surface area contributed by atoms with Crippen LogP contribution in [0.3, 0.4) is 0 Å². The molecule has 3 rings (SSSR count). The van der Waals surface area contributed by atoms with E-state index < -0.39 is 15.9 Å². The highest BCUT2D eigenvalue weighted by atomic mass is 32.2. The zero-order valence-electron chi connectivity index (χ0n) is 15.9. The van der Waals surface area contributed by atoms with Crippen LogP contribution in [0.4, 0.5) is 5.69 Å². The molecule has 8 nitrogen and oxygen atoms in total. The van der Waals surface area contributed by atoms with Crippen LogP contribution in [0.2, 0.25) is 0 Å². The van der Waals surface area contributed by atoms with Crippen molar-refractivity contribution in [3.8, 4) is 5.75 Å². The first-order valence-corrected chi connectivity index (χ1v) is 10.2. The summed E-state index contributed by atoms with van der Waals surface area (Å²) >= 11 is 0. The Morgan fingerprint density at radius 3 is 2.43 bits per heavy atom. The summed E-state index contributed by atoms with van der Waals surface area (Å²) in [5, 5.41) is 8.89. The SMILES string of the molecule is COc1ccc(S(=O)(=O)Nc2cccc(/C(=C\C(=O)NO)c3cccnc3)c2)cc1. The average Bonchev–Trinajstić information content (AvgIpc) is 2.77. The van der Waals surface area contributed by atoms with Gasteiger partial charge < -0.3 is 4.74 Å². The number of hydroxylamine groups is 1. The van der Waals surface area contributed by atoms with Crippen LogP contribution in [0.15, 0.2) is 84.0 Å². The fraction of sp³-hybridized carbons (Fsp3) is 0.0476. The van der Waals surface area contributed by atoms with Crippen molar-refractivity contribution < 1.29 is 23.2 Å². The van der Waals surface area contributed by atoms with Gasteiger partial charge in [-0.1, -0.05) is 18.2 Å². The third-order valence-corrected chi connectivity index (χ3v) is 5.55. The van der Waals surface area contributed by atoms with E-state index in [-0.39, 0.29) is 4.90 Å². The Kier molecular flexibility index (Phi) is 6.45. The number of benzene rings is 2. The zero-order chi connectivity index (χ0) is 21.6. The number of nitrogens with one attached hydrogen (secondary N) is 2. The van der Waals surface area contributed by atoms with Crippen molar-refractivity contribution in [3.63, 3.8) is 0 Å². The average molecular weight is 425 g/mol. The maximum Gasteiger partial charge on any atom is 0.267 e. The van der Waals surface area contributed by atoms with Gasteiger partial charge in [0.2, 0.25) is 0 Å². The van der Waals surface area contributed by atoms with Gasteiger partial charge in [-0.2, -0.15) is 0 Å². The molecule has 0 bridgehead atoms. The summed E-state index contributed by atoms with van der Waals surface area (Å²) in [5.41, 5.74) is 3.51. The molecule has 9 heteroatoms. The maximum atomic E-state index is 12.7. The van der Waals surface area contributed by atoms with Crippen molar-refractivity contribution in [2.75, 3.05) is 11.8 Å². The summed E-state index contributed by atoms with van der Waals surface area (Å²) in [5.74, 6) is -0.178. The van der Waals surface area contributed by atoms with Crippen LogP contribution in [0.25, 0.3) is 5.57 Å². The van der Waals surface area contributed by atoms with Gasteiger partial charge in [0.1, 0.15) is 5.75 Å². The molecule has 0 aliphatic carbocycles. The van der Waals surface area contributed by atoms with E-state index in [4.69, 9.17) is 9.94 Å². The Balaban J connectivity index is 1.95. The number of nitrogens with zero attached hydrogens (tertiary/aromatic N) is 1. The molecular weight excluding hydrogens is 406 g/mol. The first-order valence-electron chi connectivity index (χ1n) is 8.76. The lowest BCUT2D eigenvalue weighted by atomic mass is 9.98. The van der Waals surface area contributed by atoms with Gasteiger partial charge in [0, 0.05) is 29.7 Å². The first-order chi connectivity index (χ1) is 14.4. The number of pyridine rings is 1. The highest BCUT2D eigenvalue weighted by molar-refractivity contribution is 7.92. The molecule has 154 valence electrons. The van der Waals surface area contributed by atoms with Crippen LogP contribution in [0, 0.1) is 0 Å². The van der Waals surface area contributed by atoms with Gasteiger partial charge in [-0.05, 0) is 53.6 Å². The Hall–Kier alpha value is -3.69. The predicted octanol–water partition coefficient (Wildman–Crippen LogP) is 2.83. The van der Waals surface area contributed by atoms with E-state index in [9.17, 15) is 13.2 Å². The van der Waals surface area contributed by atoms with Gasteiger partial charge in [0.15, 0.2) is 0 Å². The normalized spacial score (nSPS) is 11.6. The molecule has 0 saturated carbocycles. The molecule has 0 aliphatic rings. The Bertz CT molecular complexity index is 1160. The van der Waals surface area contributed by atoms with Crippen LogP contribution >= 0.6 is 0 Å². The summed E-state index contributed by atoms with van der Waals surface area (Å²) in [6.07, 6.45) is 4.35. The van der Waals surface area contributed by atoms with Crippen molar-refractivity contribution >= 4 is 27.2 Å². The van der Waals surface area contributed by atoms with E-state index >= 15 is 0 Å². The number of carbonyl (C=O) groups excluding carboxylic acids is 1. The summed E-state index contributed by atoms with van der Waals surface area (Å²) in [6.45, 7) is 0. The smallest absolute Gasteiger partial charge is 0.267 e. The van der Waals surface area contributed by atoms with Gasteiger partial charge >= 0.3 is 0 Å². The lowest BCUT2D eigenvalue weighted by Gasteiger charge is -2.12. The topological polar surface area (TPSA) is 118 Å². The van der Waals surface area contributed by atoms with E-state index in [1.54, 1.807) is 66.4 Å². The number of sulfonamides is 1. The minimum absolute atomic E-state index is 0.0800. The quantitative estimate of drug-likeness (QED) is 0.304. The largest absolute Gasteiger partial charge is 0.497 e. The van der Waals surface area contributed by atoms with Crippen molar-refractivity contribution in [2.24, 2.45) is 0 Å². The number of hydrogen-bond acceptors (Lipinski definition) is 6. The minimum atomic E-state index is -3.83. The molecule has 1 amide bonds.